The monoisotopic (exact) mass is 357 g/mol. The van der Waals surface area contributed by atoms with Crippen LogP contribution in [0.2, 0.25) is 0 Å². The summed E-state index contributed by atoms with van der Waals surface area (Å²) >= 11 is 0. The number of para-hydroxylation sites is 1. The minimum atomic E-state index is -1.14. The number of phenols is 1. The van der Waals surface area contributed by atoms with Crippen molar-refractivity contribution in [3.05, 3.63) is 65.7 Å². The van der Waals surface area contributed by atoms with Crippen LogP contribution in [-0.4, -0.2) is 23.8 Å². The zero-order valence-electron chi connectivity index (χ0n) is 14.7. The van der Waals surface area contributed by atoms with Gasteiger partial charge in [0.2, 0.25) is 0 Å². The third-order valence-corrected chi connectivity index (χ3v) is 3.70. The summed E-state index contributed by atoms with van der Waals surface area (Å²) in [6, 6.07) is 14.3. The van der Waals surface area contributed by atoms with Crippen molar-refractivity contribution in [2.75, 3.05) is 6.61 Å². The van der Waals surface area contributed by atoms with E-state index in [1.807, 2.05) is 37.3 Å². The van der Waals surface area contributed by atoms with E-state index in [1.165, 1.54) is 6.07 Å². The Kier molecular flexibility index (Phi) is 7.49. The number of phenolic OH excluding ortho intramolecular Hbond substituents is 1. The Morgan fingerprint density at radius 3 is 2.42 bits per heavy atom. The van der Waals surface area contributed by atoms with Crippen molar-refractivity contribution in [3.63, 3.8) is 0 Å². The number of aromatic hydroxyl groups is 1. The van der Waals surface area contributed by atoms with Crippen LogP contribution in [0, 0.1) is 0 Å². The molecule has 1 amide bonds. The SMILES string of the molecule is CCCCOC(=O)C(NC(=O)OCc1ccccc1)c1ccccc1O. The number of unbranched alkanes of at least 4 members (excludes halogenated alkanes) is 1. The Bertz CT molecular complexity index is 717. The van der Waals surface area contributed by atoms with E-state index in [4.69, 9.17) is 9.47 Å². The van der Waals surface area contributed by atoms with E-state index in [9.17, 15) is 14.7 Å². The Balaban J connectivity index is 2.04. The van der Waals surface area contributed by atoms with Crippen molar-refractivity contribution in [1.82, 2.24) is 5.32 Å². The second-order valence-electron chi connectivity index (χ2n) is 5.72. The molecule has 0 bridgehead atoms. The summed E-state index contributed by atoms with van der Waals surface area (Å²) in [4.78, 5) is 24.5. The maximum Gasteiger partial charge on any atom is 0.408 e. The second kappa shape index (κ2) is 10.1. The highest BCUT2D eigenvalue weighted by atomic mass is 16.6. The van der Waals surface area contributed by atoms with E-state index in [1.54, 1.807) is 18.2 Å². The summed E-state index contributed by atoms with van der Waals surface area (Å²) in [5, 5.41) is 12.5. The van der Waals surface area contributed by atoms with Crippen molar-refractivity contribution in [2.45, 2.75) is 32.4 Å². The topological polar surface area (TPSA) is 84.9 Å². The smallest absolute Gasteiger partial charge is 0.408 e. The molecule has 0 saturated carbocycles. The van der Waals surface area contributed by atoms with Crippen LogP contribution in [0.3, 0.4) is 0 Å². The highest BCUT2D eigenvalue weighted by Gasteiger charge is 2.27. The lowest BCUT2D eigenvalue weighted by molar-refractivity contribution is -0.146. The van der Waals surface area contributed by atoms with Gasteiger partial charge in [-0.1, -0.05) is 61.9 Å². The Labute approximate surface area is 152 Å². The molecule has 0 aliphatic rings. The second-order valence-corrected chi connectivity index (χ2v) is 5.72. The van der Waals surface area contributed by atoms with Gasteiger partial charge in [-0.15, -0.1) is 0 Å². The molecule has 26 heavy (non-hydrogen) atoms. The van der Waals surface area contributed by atoms with Crippen molar-refractivity contribution in [1.29, 1.82) is 0 Å². The average molecular weight is 357 g/mol. The lowest BCUT2D eigenvalue weighted by Gasteiger charge is -2.19. The zero-order valence-corrected chi connectivity index (χ0v) is 14.7. The van der Waals surface area contributed by atoms with E-state index in [-0.39, 0.29) is 24.5 Å². The molecular formula is C20H23NO5. The number of carbonyl (C=O) groups excluding carboxylic acids is 2. The van der Waals surface area contributed by atoms with Gasteiger partial charge in [0.25, 0.3) is 0 Å². The Morgan fingerprint density at radius 1 is 1.04 bits per heavy atom. The summed E-state index contributed by atoms with van der Waals surface area (Å²) < 4.78 is 10.4. The summed E-state index contributed by atoms with van der Waals surface area (Å²) in [6.45, 7) is 2.30. The molecule has 0 aromatic heterocycles. The molecule has 2 aromatic rings. The summed E-state index contributed by atoms with van der Waals surface area (Å²) in [6.07, 6.45) is 0.827. The van der Waals surface area contributed by atoms with Gasteiger partial charge in [-0.2, -0.15) is 0 Å². The van der Waals surface area contributed by atoms with Crippen LogP contribution < -0.4 is 5.32 Å². The number of alkyl carbamates (subject to hydrolysis) is 1. The highest BCUT2D eigenvalue weighted by Crippen LogP contribution is 2.25. The number of rotatable bonds is 8. The zero-order chi connectivity index (χ0) is 18.8. The fourth-order valence-electron chi connectivity index (χ4n) is 2.28. The fraction of sp³-hybridized carbons (Fsp3) is 0.300. The van der Waals surface area contributed by atoms with Gasteiger partial charge in [0.15, 0.2) is 6.04 Å². The average Bonchev–Trinajstić information content (AvgIpc) is 2.66. The molecule has 0 spiro atoms. The predicted octanol–water partition coefficient (Wildman–Crippen LogP) is 3.70. The predicted molar refractivity (Wildman–Crippen MR) is 96.5 cm³/mol. The molecule has 0 aliphatic heterocycles. The molecule has 1 atom stereocenters. The number of carbonyl (C=O) groups is 2. The fourth-order valence-corrected chi connectivity index (χ4v) is 2.28. The van der Waals surface area contributed by atoms with Crippen LogP contribution in [0.15, 0.2) is 54.6 Å². The number of hydrogen-bond acceptors (Lipinski definition) is 5. The van der Waals surface area contributed by atoms with Gasteiger partial charge in [0.1, 0.15) is 12.4 Å². The van der Waals surface area contributed by atoms with E-state index in [0.29, 0.717) is 0 Å². The largest absolute Gasteiger partial charge is 0.508 e. The van der Waals surface area contributed by atoms with Crippen LogP contribution in [-0.2, 0) is 20.9 Å². The van der Waals surface area contributed by atoms with E-state index in [0.717, 1.165) is 18.4 Å². The first-order chi connectivity index (χ1) is 12.6. The summed E-state index contributed by atoms with van der Waals surface area (Å²) in [5.41, 5.74) is 1.08. The first-order valence-corrected chi connectivity index (χ1v) is 8.53. The lowest BCUT2D eigenvalue weighted by Crippen LogP contribution is -2.35. The molecule has 0 heterocycles. The number of ether oxygens (including phenoxy) is 2. The van der Waals surface area contributed by atoms with E-state index >= 15 is 0 Å². The molecule has 138 valence electrons. The van der Waals surface area contributed by atoms with Gasteiger partial charge in [-0.25, -0.2) is 9.59 Å². The van der Waals surface area contributed by atoms with Gasteiger partial charge >= 0.3 is 12.1 Å². The van der Waals surface area contributed by atoms with Gasteiger partial charge in [0.05, 0.1) is 6.61 Å². The standard InChI is InChI=1S/C20H23NO5/c1-2-3-13-25-19(23)18(16-11-7-8-12-17(16)22)21-20(24)26-14-15-9-5-4-6-10-15/h4-12,18,22H,2-3,13-14H2,1H3,(H,21,24). The lowest BCUT2D eigenvalue weighted by atomic mass is 10.1. The van der Waals surface area contributed by atoms with Crippen molar-refractivity contribution >= 4 is 12.1 Å². The maximum absolute atomic E-state index is 12.4. The molecule has 2 aromatic carbocycles. The van der Waals surface area contributed by atoms with Crippen molar-refractivity contribution < 1.29 is 24.2 Å². The molecule has 0 aliphatic carbocycles. The number of amides is 1. The van der Waals surface area contributed by atoms with E-state index < -0.39 is 18.1 Å². The summed E-state index contributed by atoms with van der Waals surface area (Å²) in [5.74, 6) is -0.745. The molecule has 6 heteroatoms. The maximum atomic E-state index is 12.4. The van der Waals surface area contributed by atoms with E-state index in [2.05, 4.69) is 5.32 Å². The van der Waals surface area contributed by atoms with Crippen LogP contribution in [0.25, 0.3) is 0 Å². The van der Waals surface area contributed by atoms with Gasteiger partial charge in [0, 0.05) is 5.56 Å². The number of esters is 1. The molecular weight excluding hydrogens is 334 g/mol. The van der Waals surface area contributed by atoms with Gasteiger partial charge in [-0.05, 0) is 18.1 Å². The number of benzene rings is 2. The van der Waals surface area contributed by atoms with Gasteiger partial charge in [-0.3, -0.25) is 0 Å². The third-order valence-electron chi connectivity index (χ3n) is 3.70. The summed E-state index contributed by atoms with van der Waals surface area (Å²) in [7, 11) is 0. The van der Waals surface area contributed by atoms with Gasteiger partial charge < -0.3 is 19.9 Å². The number of nitrogens with one attached hydrogen (secondary N) is 1. The first-order valence-electron chi connectivity index (χ1n) is 8.53. The van der Waals surface area contributed by atoms with Crippen LogP contribution >= 0.6 is 0 Å². The molecule has 2 N–H and O–H groups in total. The number of hydrogen-bond donors (Lipinski definition) is 2. The minimum Gasteiger partial charge on any atom is -0.508 e. The van der Waals surface area contributed by atoms with Crippen LogP contribution in [0.1, 0.15) is 36.9 Å². The van der Waals surface area contributed by atoms with Crippen LogP contribution in [0.5, 0.6) is 5.75 Å². The Hall–Kier alpha value is -3.02. The first kappa shape index (κ1) is 19.3. The molecule has 2 rings (SSSR count). The molecule has 0 fully saturated rings. The van der Waals surface area contributed by atoms with Crippen molar-refractivity contribution in [3.8, 4) is 5.75 Å². The Morgan fingerprint density at radius 2 is 1.73 bits per heavy atom. The molecule has 6 nitrogen and oxygen atoms in total. The highest BCUT2D eigenvalue weighted by molar-refractivity contribution is 5.83. The molecule has 1 unspecified atom stereocenters. The normalized spacial score (nSPS) is 11.4. The quantitative estimate of drug-likeness (QED) is 0.556. The van der Waals surface area contributed by atoms with Crippen molar-refractivity contribution in [2.24, 2.45) is 0 Å². The third kappa shape index (κ3) is 5.81. The molecule has 0 saturated heterocycles. The van der Waals surface area contributed by atoms with Crippen LogP contribution in [0.4, 0.5) is 4.79 Å². The molecule has 0 radical (unpaired) electrons. The minimum absolute atomic E-state index is 0.0745.